The molecule has 7 aromatic rings. The van der Waals surface area contributed by atoms with Crippen LogP contribution in [0.1, 0.15) is 93.0 Å². The monoisotopic (exact) mass is 943 g/mol. The molecule has 8 rings (SSSR count). The Bertz CT molecular complexity index is 2780. The highest BCUT2D eigenvalue weighted by atomic mass is 32.2. The zero-order chi connectivity index (χ0) is 48.5. The molecule has 0 amide bonds. The van der Waals surface area contributed by atoms with E-state index in [1.165, 1.54) is 36.3 Å². The van der Waals surface area contributed by atoms with Crippen LogP contribution >= 0.6 is 11.8 Å². The number of rotatable bonds is 14. The van der Waals surface area contributed by atoms with Gasteiger partial charge in [-0.1, -0.05) is 46.6 Å². The number of fused-ring (bicyclic) bond motifs is 2. The van der Waals surface area contributed by atoms with Gasteiger partial charge in [-0.15, -0.1) is 11.8 Å². The molecule has 1 saturated carbocycles. The number of thioether (sulfide) groups is 1. The van der Waals surface area contributed by atoms with Crippen molar-refractivity contribution in [1.82, 2.24) is 24.3 Å². The number of nitrogens with zero attached hydrogens (tertiary/aromatic N) is 7. The molecule has 4 aromatic heterocycles. The van der Waals surface area contributed by atoms with E-state index >= 15 is 0 Å². The molecule has 0 aliphatic heterocycles. The maximum atomic E-state index is 12.4. The third-order valence-corrected chi connectivity index (χ3v) is 13.1. The molecule has 4 heterocycles. The quantitative estimate of drug-likeness (QED) is 0.0264. The van der Waals surface area contributed by atoms with Crippen LogP contribution < -0.4 is 16.5 Å². The number of allylic oxidation sites excluding steroid dienone is 1. The number of aromatic carboxylic acids is 2. The SMILES string of the molecule is C/C=C\N(C)c1ccc(C(=O)O)cc1.CC(C)CCS(=O)c1cnc2c(ccn2-c2ccc(C(=O)O)cc2)c1.CCC.N/N=C(\N)c1ccc(-n2ncc3cc(SCC4CCC4)cnc32)cc1. The van der Waals surface area contributed by atoms with Crippen molar-refractivity contribution >= 4 is 68.1 Å². The van der Waals surface area contributed by atoms with Crippen LogP contribution in [0.15, 0.2) is 143 Å². The molecule has 352 valence electrons. The minimum Gasteiger partial charge on any atom is -0.478 e. The van der Waals surface area contributed by atoms with Gasteiger partial charge in [-0.05, 0) is 135 Å². The van der Waals surface area contributed by atoms with Crippen LogP contribution in [0.5, 0.6) is 0 Å². The predicted octanol–water partition coefficient (Wildman–Crippen LogP) is 10.5. The number of aromatic nitrogens is 5. The van der Waals surface area contributed by atoms with E-state index in [4.69, 9.17) is 21.8 Å². The van der Waals surface area contributed by atoms with E-state index in [-0.39, 0.29) is 5.56 Å². The van der Waals surface area contributed by atoms with Gasteiger partial charge in [0.25, 0.3) is 0 Å². The van der Waals surface area contributed by atoms with Gasteiger partial charge >= 0.3 is 11.9 Å². The average Bonchev–Trinajstić information content (AvgIpc) is 3.95. The Morgan fingerprint density at radius 1 is 0.866 bits per heavy atom. The molecule has 6 N–H and O–H groups in total. The molecule has 1 aliphatic carbocycles. The highest BCUT2D eigenvalue weighted by molar-refractivity contribution is 7.99. The van der Waals surface area contributed by atoms with E-state index in [0.29, 0.717) is 23.1 Å². The van der Waals surface area contributed by atoms with Crippen molar-refractivity contribution in [2.75, 3.05) is 23.5 Å². The first-order valence-electron chi connectivity index (χ1n) is 22.3. The zero-order valence-electron chi connectivity index (χ0n) is 38.9. The number of carboxylic acids is 2. The molecule has 1 unspecified atom stereocenters. The van der Waals surface area contributed by atoms with Gasteiger partial charge in [-0.2, -0.15) is 10.2 Å². The normalized spacial score (nSPS) is 12.9. The second-order valence-corrected chi connectivity index (χ2v) is 19.0. The van der Waals surface area contributed by atoms with Crippen LogP contribution in [0, 0.1) is 11.8 Å². The lowest BCUT2D eigenvalue weighted by Gasteiger charge is -2.24. The first-order valence-corrected chi connectivity index (χ1v) is 24.6. The summed E-state index contributed by atoms with van der Waals surface area (Å²) < 4.78 is 16.1. The smallest absolute Gasteiger partial charge is 0.335 e. The molecule has 1 atom stereocenters. The summed E-state index contributed by atoms with van der Waals surface area (Å²) in [5, 5.41) is 27.6. The Morgan fingerprint density at radius 3 is 2.03 bits per heavy atom. The van der Waals surface area contributed by atoms with Crippen molar-refractivity contribution in [2.45, 2.75) is 76.5 Å². The van der Waals surface area contributed by atoms with Crippen molar-refractivity contribution in [3.8, 4) is 11.4 Å². The Hall–Kier alpha value is -6.78. The van der Waals surface area contributed by atoms with Crippen LogP contribution in [0.25, 0.3) is 33.4 Å². The Kier molecular flexibility index (Phi) is 19.3. The number of carbonyl (C=O) groups is 2. The van der Waals surface area contributed by atoms with Crippen LogP contribution in [0.2, 0.25) is 0 Å². The fourth-order valence-corrected chi connectivity index (χ4v) is 9.05. The zero-order valence-corrected chi connectivity index (χ0v) is 40.6. The fraction of sp³-hybridized carbons (Fsp3) is 0.294. The van der Waals surface area contributed by atoms with Gasteiger partial charge < -0.3 is 31.3 Å². The average molecular weight is 944 g/mol. The van der Waals surface area contributed by atoms with Gasteiger partial charge in [0.15, 0.2) is 5.65 Å². The van der Waals surface area contributed by atoms with E-state index in [2.05, 4.69) is 53.9 Å². The summed E-state index contributed by atoms with van der Waals surface area (Å²) in [4.78, 5) is 34.5. The number of benzene rings is 3. The second kappa shape index (κ2) is 25.2. The minimum atomic E-state index is -1.04. The van der Waals surface area contributed by atoms with Gasteiger partial charge in [-0.3, -0.25) is 4.21 Å². The van der Waals surface area contributed by atoms with Crippen molar-refractivity contribution < 1.29 is 24.0 Å². The van der Waals surface area contributed by atoms with Crippen LogP contribution in [0.4, 0.5) is 5.69 Å². The number of amidine groups is 1. The molecular formula is C51H61N9O5S2. The second-order valence-electron chi connectivity index (χ2n) is 16.3. The lowest BCUT2D eigenvalue weighted by molar-refractivity contribution is 0.0686. The first kappa shape index (κ1) is 51.2. The summed E-state index contributed by atoms with van der Waals surface area (Å²) in [5.41, 5.74) is 11.4. The lowest BCUT2D eigenvalue weighted by atomic mass is 9.87. The molecule has 14 nitrogen and oxygen atoms in total. The number of nitrogens with two attached hydrogens (primary N) is 2. The number of pyridine rings is 2. The van der Waals surface area contributed by atoms with Crippen molar-refractivity contribution in [3.05, 3.63) is 145 Å². The predicted molar refractivity (Wildman–Crippen MR) is 273 cm³/mol. The molecular weight excluding hydrogens is 883 g/mol. The van der Waals surface area contributed by atoms with Gasteiger partial charge in [-0.25, -0.2) is 24.2 Å². The topological polar surface area (TPSA) is 208 Å². The Labute approximate surface area is 399 Å². The summed E-state index contributed by atoms with van der Waals surface area (Å²) in [6, 6.07) is 27.0. The summed E-state index contributed by atoms with van der Waals surface area (Å²) in [6.07, 6.45) is 17.5. The maximum absolute atomic E-state index is 12.4. The van der Waals surface area contributed by atoms with Gasteiger partial charge in [0.1, 0.15) is 11.5 Å². The van der Waals surface area contributed by atoms with Crippen molar-refractivity contribution in [3.63, 3.8) is 0 Å². The minimum absolute atomic E-state index is 0.246. The van der Waals surface area contributed by atoms with Crippen LogP contribution in [-0.2, 0) is 10.8 Å². The molecule has 3 aromatic carbocycles. The van der Waals surface area contributed by atoms with Crippen molar-refractivity contribution in [2.24, 2.45) is 28.5 Å². The standard InChI is InChI=1S/C19H20N2O3S.C18H20N6S.C11H13NO2.C3H8/c1-13(2)8-10-25(24)17-11-15-7-9-21(18(15)20-12-17)16-5-3-14(4-6-16)19(22)23;19-17(23-20)13-4-6-15(7-5-13)24-18-14(9-22-24)8-16(10-21-18)25-11-12-2-1-3-12;1-3-8-12(2)10-6-4-9(5-7-10)11(13)14;1-3-2/h3-7,9,11-13H,8,10H2,1-2H3,(H,22,23);4-10,12H,1-3,11,20H2,(H2,19,23);3-8H,1-2H3,(H,13,14);3H2,1-2H3/b;;8-3-;. The van der Waals surface area contributed by atoms with Gasteiger partial charge in [0.05, 0.1) is 38.7 Å². The summed E-state index contributed by atoms with van der Waals surface area (Å²) >= 11 is 1.89. The molecule has 0 radical (unpaired) electrons. The van der Waals surface area contributed by atoms with E-state index in [0.717, 1.165) is 61.9 Å². The van der Waals surface area contributed by atoms with E-state index < -0.39 is 22.7 Å². The molecule has 67 heavy (non-hydrogen) atoms. The number of anilines is 1. The summed E-state index contributed by atoms with van der Waals surface area (Å²) in [7, 11) is 0.872. The lowest BCUT2D eigenvalue weighted by Crippen LogP contribution is -2.15. The highest BCUT2D eigenvalue weighted by Gasteiger charge is 2.18. The third-order valence-electron chi connectivity index (χ3n) is 10.6. The number of hydrazone groups is 1. The molecule has 0 saturated heterocycles. The number of carboxylic acid groups (broad SMARTS) is 2. The van der Waals surface area contributed by atoms with Crippen LogP contribution in [-0.4, -0.2) is 75.1 Å². The highest BCUT2D eigenvalue weighted by Crippen LogP contribution is 2.33. The molecule has 16 heteroatoms. The fourth-order valence-electron chi connectivity index (χ4n) is 6.60. The Morgan fingerprint density at radius 2 is 1.46 bits per heavy atom. The molecule has 1 aliphatic rings. The largest absolute Gasteiger partial charge is 0.478 e. The number of hydrogen-bond acceptors (Lipinski definition) is 10. The van der Waals surface area contributed by atoms with E-state index in [9.17, 15) is 13.8 Å². The van der Waals surface area contributed by atoms with E-state index in [1.807, 2.05) is 107 Å². The van der Waals surface area contributed by atoms with Crippen molar-refractivity contribution in [1.29, 1.82) is 0 Å². The first-order chi connectivity index (χ1) is 32.3. The summed E-state index contributed by atoms with van der Waals surface area (Å²) in [5.74, 6) is 6.91. The Balaban J connectivity index is 0.000000190. The molecule has 0 bridgehead atoms. The summed E-state index contributed by atoms with van der Waals surface area (Å²) in [6.45, 7) is 10.4. The van der Waals surface area contributed by atoms with Gasteiger partial charge in [0.2, 0.25) is 0 Å². The number of hydrogen-bond donors (Lipinski definition) is 4. The molecule has 0 spiro atoms. The maximum Gasteiger partial charge on any atom is 0.335 e. The molecule has 1 fully saturated rings. The third kappa shape index (κ3) is 14.4. The van der Waals surface area contributed by atoms with E-state index in [1.54, 1.807) is 54.7 Å². The van der Waals surface area contributed by atoms with Gasteiger partial charge in [0, 0.05) is 69.8 Å². The van der Waals surface area contributed by atoms with Crippen LogP contribution in [0.3, 0.4) is 0 Å².